The van der Waals surface area contributed by atoms with Gasteiger partial charge in [0, 0.05) is 18.2 Å². The Kier molecular flexibility index (Phi) is 3.68. The standard InChI is InChI=1S/C17H21ClN2O2/c1-16(2,3)22-15(21)20-9-8-17(10-14(20)18)11-19-13-7-5-4-6-12(13)17/h4-7,11,14H,8-10H2,1-3H3. The van der Waals surface area contributed by atoms with Crippen LogP contribution in [0.2, 0.25) is 0 Å². The molecular weight excluding hydrogens is 300 g/mol. The molecule has 1 saturated heterocycles. The zero-order valence-electron chi connectivity index (χ0n) is 13.2. The first-order chi connectivity index (χ1) is 10.3. The van der Waals surface area contributed by atoms with E-state index in [1.54, 1.807) is 4.90 Å². The van der Waals surface area contributed by atoms with E-state index in [-0.39, 0.29) is 17.0 Å². The van der Waals surface area contributed by atoms with Crippen molar-refractivity contribution in [1.29, 1.82) is 0 Å². The summed E-state index contributed by atoms with van der Waals surface area (Å²) < 4.78 is 5.44. The molecule has 0 bridgehead atoms. The quantitative estimate of drug-likeness (QED) is 0.530. The first-order valence-electron chi connectivity index (χ1n) is 7.59. The highest BCUT2D eigenvalue weighted by atomic mass is 35.5. The van der Waals surface area contributed by atoms with Crippen LogP contribution in [0.25, 0.3) is 0 Å². The lowest BCUT2D eigenvalue weighted by Crippen LogP contribution is -2.50. The SMILES string of the molecule is CC(C)(C)OC(=O)N1CCC2(C=Nc3ccccc32)CC1Cl. The van der Waals surface area contributed by atoms with Gasteiger partial charge in [-0.25, -0.2) is 4.79 Å². The fraction of sp³-hybridized carbons (Fsp3) is 0.529. The van der Waals surface area contributed by atoms with E-state index in [0.717, 1.165) is 12.1 Å². The second-order valence-corrected chi connectivity index (χ2v) is 7.50. The molecule has 22 heavy (non-hydrogen) atoms. The Morgan fingerprint density at radius 2 is 2.14 bits per heavy atom. The van der Waals surface area contributed by atoms with Crippen LogP contribution >= 0.6 is 11.6 Å². The summed E-state index contributed by atoms with van der Waals surface area (Å²) in [5.41, 5.74) is 1.17. The average molecular weight is 321 g/mol. The van der Waals surface area contributed by atoms with Crippen molar-refractivity contribution < 1.29 is 9.53 Å². The number of para-hydroxylation sites is 1. The Balaban J connectivity index is 1.77. The first kappa shape index (κ1) is 15.3. The lowest BCUT2D eigenvalue weighted by Gasteiger charge is -2.41. The number of likely N-dealkylation sites (tertiary alicyclic amines) is 1. The predicted octanol–water partition coefficient (Wildman–Crippen LogP) is 4.24. The van der Waals surface area contributed by atoms with E-state index < -0.39 is 5.60 Å². The van der Waals surface area contributed by atoms with Crippen LogP contribution in [-0.4, -0.2) is 34.9 Å². The monoisotopic (exact) mass is 320 g/mol. The number of hydrogen-bond donors (Lipinski definition) is 0. The summed E-state index contributed by atoms with van der Waals surface area (Å²) in [6.07, 6.45) is 3.13. The lowest BCUT2D eigenvalue weighted by molar-refractivity contribution is 0.0151. The molecule has 0 aliphatic carbocycles. The first-order valence-corrected chi connectivity index (χ1v) is 8.03. The summed E-state index contributed by atoms with van der Waals surface area (Å²) in [4.78, 5) is 18.4. The molecular formula is C17H21ClN2O2. The van der Waals surface area contributed by atoms with E-state index in [9.17, 15) is 4.79 Å². The van der Waals surface area contributed by atoms with Crippen LogP contribution in [0.4, 0.5) is 10.5 Å². The second kappa shape index (κ2) is 5.27. The van der Waals surface area contributed by atoms with Gasteiger partial charge in [-0.1, -0.05) is 29.8 Å². The van der Waals surface area contributed by atoms with Gasteiger partial charge in [0.2, 0.25) is 0 Å². The molecule has 1 amide bonds. The van der Waals surface area contributed by atoms with Crippen molar-refractivity contribution in [3.63, 3.8) is 0 Å². The minimum atomic E-state index is -0.510. The number of rotatable bonds is 0. The Labute approximate surface area is 136 Å². The molecule has 2 aliphatic rings. The number of carbonyl (C=O) groups is 1. The Morgan fingerprint density at radius 1 is 1.41 bits per heavy atom. The van der Waals surface area contributed by atoms with Crippen molar-refractivity contribution in [3.8, 4) is 0 Å². The number of piperidine rings is 1. The van der Waals surface area contributed by atoms with Crippen molar-refractivity contribution in [3.05, 3.63) is 29.8 Å². The smallest absolute Gasteiger partial charge is 0.411 e. The fourth-order valence-electron chi connectivity index (χ4n) is 3.13. The van der Waals surface area contributed by atoms with Gasteiger partial charge in [0.15, 0.2) is 0 Å². The number of carbonyl (C=O) groups excluding carboxylic acids is 1. The van der Waals surface area contributed by atoms with E-state index in [2.05, 4.69) is 11.1 Å². The molecule has 0 radical (unpaired) electrons. The molecule has 2 atom stereocenters. The molecule has 1 spiro atoms. The summed E-state index contributed by atoms with van der Waals surface area (Å²) in [7, 11) is 0. The zero-order valence-corrected chi connectivity index (χ0v) is 13.9. The van der Waals surface area contributed by atoms with Gasteiger partial charge >= 0.3 is 6.09 Å². The van der Waals surface area contributed by atoms with Gasteiger partial charge in [-0.15, -0.1) is 0 Å². The zero-order chi connectivity index (χ0) is 16.0. The number of aliphatic imine (C=N–C) groups is 1. The maximum absolute atomic E-state index is 12.3. The van der Waals surface area contributed by atoms with Gasteiger partial charge in [-0.05, 0) is 45.2 Å². The van der Waals surface area contributed by atoms with E-state index in [4.69, 9.17) is 16.3 Å². The summed E-state index contributed by atoms with van der Waals surface area (Å²) in [5.74, 6) is 0. The molecule has 1 aromatic carbocycles. The molecule has 1 fully saturated rings. The highest BCUT2D eigenvalue weighted by molar-refractivity contribution is 6.21. The summed E-state index contributed by atoms with van der Waals surface area (Å²) in [5, 5.41) is 0. The number of amides is 1. The summed E-state index contributed by atoms with van der Waals surface area (Å²) in [6, 6.07) is 8.14. The third-order valence-electron chi connectivity index (χ3n) is 4.19. The van der Waals surface area contributed by atoms with Crippen molar-refractivity contribution >= 4 is 29.6 Å². The molecule has 4 nitrogen and oxygen atoms in total. The van der Waals surface area contributed by atoms with Crippen molar-refractivity contribution in [2.45, 2.75) is 50.1 Å². The lowest BCUT2D eigenvalue weighted by atomic mass is 9.74. The number of fused-ring (bicyclic) bond motifs is 2. The number of ether oxygens (including phenoxy) is 1. The minimum Gasteiger partial charge on any atom is -0.444 e. The number of benzene rings is 1. The number of alkyl halides is 1. The van der Waals surface area contributed by atoms with Gasteiger partial charge in [-0.3, -0.25) is 9.89 Å². The molecule has 2 unspecified atom stereocenters. The molecule has 3 rings (SSSR count). The molecule has 118 valence electrons. The minimum absolute atomic E-state index is 0.151. The fourth-order valence-corrected chi connectivity index (χ4v) is 3.58. The molecule has 2 aliphatic heterocycles. The van der Waals surface area contributed by atoms with Gasteiger partial charge in [0.25, 0.3) is 0 Å². The van der Waals surface area contributed by atoms with Crippen molar-refractivity contribution in [2.75, 3.05) is 6.54 Å². The third kappa shape index (κ3) is 2.72. The second-order valence-electron chi connectivity index (χ2n) is 6.99. The highest BCUT2D eigenvalue weighted by Gasteiger charge is 2.44. The summed E-state index contributed by atoms with van der Waals surface area (Å²) >= 11 is 6.51. The van der Waals surface area contributed by atoms with Crippen molar-refractivity contribution in [2.24, 2.45) is 4.99 Å². The molecule has 5 heteroatoms. The third-order valence-corrected chi connectivity index (χ3v) is 4.58. The van der Waals surface area contributed by atoms with Crippen LogP contribution in [0.5, 0.6) is 0 Å². The predicted molar refractivity (Wildman–Crippen MR) is 88.1 cm³/mol. The topological polar surface area (TPSA) is 41.9 Å². The van der Waals surface area contributed by atoms with Crippen LogP contribution in [0.3, 0.4) is 0 Å². The van der Waals surface area contributed by atoms with Gasteiger partial charge < -0.3 is 4.74 Å². The van der Waals surface area contributed by atoms with Crippen LogP contribution in [0.15, 0.2) is 29.3 Å². The molecule has 2 heterocycles. The van der Waals surface area contributed by atoms with Crippen LogP contribution in [0, 0.1) is 0 Å². The van der Waals surface area contributed by atoms with Crippen LogP contribution < -0.4 is 0 Å². The highest BCUT2D eigenvalue weighted by Crippen LogP contribution is 2.45. The van der Waals surface area contributed by atoms with E-state index >= 15 is 0 Å². The van der Waals surface area contributed by atoms with Crippen molar-refractivity contribution in [1.82, 2.24) is 4.90 Å². The average Bonchev–Trinajstić information content (AvgIpc) is 2.76. The van der Waals surface area contributed by atoms with Crippen LogP contribution in [-0.2, 0) is 10.2 Å². The number of halogens is 1. The normalized spacial score (nSPS) is 27.1. The van der Waals surface area contributed by atoms with Crippen LogP contribution in [0.1, 0.15) is 39.2 Å². The molecule has 0 N–H and O–H groups in total. The Morgan fingerprint density at radius 3 is 2.82 bits per heavy atom. The Bertz CT molecular complexity index is 623. The van der Waals surface area contributed by atoms with E-state index in [1.807, 2.05) is 45.2 Å². The van der Waals surface area contributed by atoms with E-state index in [0.29, 0.717) is 13.0 Å². The number of hydrogen-bond acceptors (Lipinski definition) is 3. The maximum atomic E-state index is 12.3. The van der Waals surface area contributed by atoms with Gasteiger partial charge in [-0.2, -0.15) is 0 Å². The molecule has 0 saturated carbocycles. The summed E-state index contributed by atoms with van der Waals surface area (Å²) in [6.45, 7) is 6.15. The largest absolute Gasteiger partial charge is 0.444 e. The molecule has 1 aromatic rings. The number of nitrogens with zero attached hydrogens (tertiary/aromatic N) is 2. The van der Waals surface area contributed by atoms with Gasteiger partial charge in [0.1, 0.15) is 11.1 Å². The van der Waals surface area contributed by atoms with Gasteiger partial charge in [0.05, 0.1) is 5.69 Å². The Hall–Kier alpha value is -1.55. The molecule has 0 aromatic heterocycles. The maximum Gasteiger partial charge on any atom is 0.411 e. The van der Waals surface area contributed by atoms with E-state index in [1.165, 1.54) is 5.56 Å².